The predicted molar refractivity (Wildman–Crippen MR) is 84.7 cm³/mol. The van der Waals surface area contributed by atoms with Crippen LogP contribution in [0.25, 0.3) is 0 Å². The summed E-state index contributed by atoms with van der Waals surface area (Å²) in [7, 11) is 0. The molecular weight excluding hydrogens is 351 g/mol. The first kappa shape index (κ1) is 18.0. The van der Waals surface area contributed by atoms with Crippen molar-refractivity contribution in [1.82, 2.24) is 14.9 Å². The van der Waals surface area contributed by atoms with E-state index in [9.17, 15) is 18.0 Å². The van der Waals surface area contributed by atoms with Gasteiger partial charge in [0.2, 0.25) is 5.88 Å². The zero-order valence-corrected chi connectivity index (χ0v) is 13.6. The lowest BCUT2D eigenvalue weighted by molar-refractivity contribution is -0.274. The molecule has 0 saturated carbocycles. The maximum atomic E-state index is 12.6. The van der Waals surface area contributed by atoms with Gasteiger partial charge in [0.25, 0.3) is 5.91 Å². The Kier molecular flexibility index (Phi) is 5.24. The number of benzene rings is 1. The van der Waals surface area contributed by atoms with E-state index < -0.39 is 12.1 Å². The molecule has 1 unspecified atom stereocenters. The van der Waals surface area contributed by atoms with Crippen LogP contribution in [0.15, 0.2) is 42.9 Å². The number of hydrogen-bond acceptors (Lipinski definition) is 5. The Bertz CT molecular complexity index is 756. The van der Waals surface area contributed by atoms with E-state index in [2.05, 4.69) is 14.7 Å². The van der Waals surface area contributed by atoms with Gasteiger partial charge in [0.15, 0.2) is 0 Å². The number of halogens is 3. The Hall–Kier alpha value is -2.84. The first-order valence-electron chi connectivity index (χ1n) is 7.98. The summed E-state index contributed by atoms with van der Waals surface area (Å²) >= 11 is 0. The molecule has 6 nitrogen and oxygen atoms in total. The van der Waals surface area contributed by atoms with Crippen molar-refractivity contribution >= 4 is 5.91 Å². The van der Waals surface area contributed by atoms with Crippen molar-refractivity contribution < 1.29 is 27.4 Å². The summed E-state index contributed by atoms with van der Waals surface area (Å²) in [6.45, 7) is 0.823. The van der Waals surface area contributed by atoms with Gasteiger partial charge < -0.3 is 14.4 Å². The molecule has 1 aromatic carbocycles. The number of nitrogens with zero attached hydrogens (tertiary/aromatic N) is 3. The van der Waals surface area contributed by atoms with Crippen LogP contribution in [-0.2, 0) is 0 Å². The fraction of sp³-hybridized carbons (Fsp3) is 0.353. The van der Waals surface area contributed by atoms with Gasteiger partial charge in [-0.05, 0) is 31.0 Å². The summed E-state index contributed by atoms with van der Waals surface area (Å²) in [4.78, 5) is 22.1. The molecule has 1 aromatic heterocycles. The highest BCUT2D eigenvalue weighted by Crippen LogP contribution is 2.24. The van der Waals surface area contributed by atoms with Gasteiger partial charge in [-0.3, -0.25) is 9.78 Å². The zero-order chi connectivity index (χ0) is 18.6. The number of ether oxygens (including phenoxy) is 2. The molecule has 1 amide bonds. The number of carbonyl (C=O) groups excluding carboxylic acids is 1. The highest BCUT2D eigenvalue weighted by Gasteiger charge is 2.32. The van der Waals surface area contributed by atoms with Crippen LogP contribution in [-0.4, -0.2) is 46.3 Å². The minimum Gasteiger partial charge on any atom is -0.471 e. The van der Waals surface area contributed by atoms with E-state index in [1.54, 1.807) is 4.90 Å². The highest BCUT2D eigenvalue weighted by molar-refractivity contribution is 5.94. The predicted octanol–water partition coefficient (Wildman–Crippen LogP) is 3.06. The standard InChI is InChI=1S/C17H16F3N3O3/c18-17(19,20)26-13-4-1-3-12(9-13)16(24)23-8-2-5-14(11-23)25-15-10-21-6-7-22-15/h1,3-4,6-7,9-10,14H,2,5,8,11H2. The summed E-state index contributed by atoms with van der Waals surface area (Å²) in [5, 5.41) is 0. The van der Waals surface area contributed by atoms with E-state index in [0.717, 1.165) is 25.0 Å². The Morgan fingerprint density at radius 2 is 2.12 bits per heavy atom. The molecule has 1 aliphatic heterocycles. The number of hydrogen-bond donors (Lipinski definition) is 0. The molecule has 2 aromatic rings. The number of aromatic nitrogens is 2. The van der Waals surface area contributed by atoms with Crippen LogP contribution in [0.5, 0.6) is 11.6 Å². The third-order valence-electron chi connectivity index (χ3n) is 3.81. The summed E-state index contributed by atoms with van der Waals surface area (Å²) in [5.41, 5.74) is 0.131. The van der Waals surface area contributed by atoms with E-state index in [-0.39, 0.29) is 17.6 Å². The zero-order valence-electron chi connectivity index (χ0n) is 13.6. The molecule has 0 spiro atoms. The topological polar surface area (TPSA) is 64.5 Å². The second kappa shape index (κ2) is 7.59. The van der Waals surface area contributed by atoms with Crippen molar-refractivity contribution in [1.29, 1.82) is 0 Å². The smallest absolute Gasteiger partial charge is 0.471 e. The van der Waals surface area contributed by atoms with Gasteiger partial charge in [0, 0.05) is 24.5 Å². The third kappa shape index (κ3) is 4.84. The van der Waals surface area contributed by atoms with Crippen molar-refractivity contribution in [3.05, 3.63) is 48.4 Å². The number of piperidine rings is 1. The summed E-state index contributed by atoms with van der Waals surface area (Å²) in [6.07, 6.45) is 0.931. The Morgan fingerprint density at radius 1 is 1.27 bits per heavy atom. The van der Waals surface area contributed by atoms with Gasteiger partial charge >= 0.3 is 6.36 Å². The Balaban J connectivity index is 1.66. The lowest BCUT2D eigenvalue weighted by atomic mass is 10.1. The van der Waals surface area contributed by atoms with Crippen LogP contribution in [0.3, 0.4) is 0 Å². The average molecular weight is 367 g/mol. The molecule has 1 saturated heterocycles. The molecule has 0 bridgehead atoms. The minimum absolute atomic E-state index is 0.131. The first-order valence-corrected chi connectivity index (χ1v) is 7.98. The van der Waals surface area contributed by atoms with Crippen LogP contribution in [0.4, 0.5) is 13.2 Å². The minimum atomic E-state index is -4.80. The number of amides is 1. The molecule has 0 radical (unpaired) electrons. The number of likely N-dealkylation sites (tertiary alicyclic amines) is 1. The maximum Gasteiger partial charge on any atom is 0.573 e. The highest BCUT2D eigenvalue weighted by atomic mass is 19.4. The van der Waals surface area contributed by atoms with Crippen LogP contribution >= 0.6 is 0 Å². The van der Waals surface area contributed by atoms with Crippen molar-refractivity contribution in [3.8, 4) is 11.6 Å². The summed E-state index contributed by atoms with van der Waals surface area (Å²) in [5.74, 6) is -0.426. The molecule has 9 heteroatoms. The lowest BCUT2D eigenvalue weighted by Crippen LogP contribution is -2.44. The monoisotopic (exact) mass is 367 g/mol. The average Bonchev–Trinajstić information content (AvgIpc) is 2.61. The van der Waals surface area contributed by atoms with Crippen LogP contribution in [0.2, 0.25) is 0 Å². The Morgan fingerprint density at radius 3 is 2.85 bits per heavy atom. The molecule has 1 atom stereocenters. The molecule has 0 aliphatic carbocycles. The van der Waals surface area contributed by atoms with E-state index in [1.165, 1.54) is 30.7 Å². The SMILES string of the molecule is O=C(c1cccc(OC(F)(F)F)c1)N1CCCC(Oc2cnccn2)C1. The van der Waals surface area contributed by atoms with E-state index in [4.69, 9.17) is 4.74 Å². The van der Waals surface area contributed by atoms with Crippen molar-refractivity contribution in [2.75, 3.05) is 13.1 Å². The van der Waals surface area contributed by atoms with Crippen molar-refractivity contribution in [3.63, 3.8) is 0 Å². The Labute approximate surface area is 147 Å². The third-order valence-corrected chi connectivity index (χ3v) is 3.81. The second-order valence-corrected chi connectivity index (χ2v) is 5.75. The van der Waals surface area contributed by atoms with Crippen molar-refractivity contribution in [2.45, 2.75) is 25.3 Å². The normalized spacial score (nSPS) is 17.7. The van der Waals surface area contributed by atoms with Crippen LogP contribution < -0.4 is 9.47 Å². The van der Waals surface area contributed by atoms with Crippen LogP contribution in [0.1, 0.15) is 23.2 Å². The molecule has 0 N–H and O–H groups in total. The maximum absolute atomic E-state index is 12.6. The van der Waals surface area contributed by atoms with Gasteiger partial charge in [-0.1, -0.05) is 6.07 Å². The molecule has 3 rings (SSSR count). The number of alkyl halides is 3. The molecule has 1 fully saturated rings. The number of carbonyl (C=O) groups is 1. The molecular formula is C17H16F3N3O3. The first-order chi connectivity index (χ1) is 12.4. The quantitative estimate of drug-likeness (QED) is 0.831. The van der Waals surface area contributed by atoms with Gasteiger partial charge in [0.1, 0.15) is 11.9 Å². The van der Waals surface area contributed by atoms with Gasteiger partial charge in [-0.15, -0.1) is 13.2 Å². The van der Waals surface area contributed by atoms with E-state index in [1.807, 2.05) is 0 Å². The molecule has 2 heterocycles. The fourth-order valence-electron chi connectivity index (χ4n) is 2.74. The van der Waals surface area contributed by atoms with Gasteiger partial charge in [-0.25, -0.2) is 4.98 Å². The summed E-state index contributed by atoms with van der Waals surface area (Å²) in [6, 6.07) is 5.05. The van der Waals surface area contributed by atoms with Crippen LogP contribution in [0, 0.1) is 0 Å². The van der Waals surface area contributed by atoms with E-state index in [0.29, 0.717) is 19.0 Å². The number of rotatable bonds is 4. The van der Waals surface area contributed by atoms with Gasteiger partial charge in [0.05, 0.1) is 12.7 Å². The fourth-order valence-corrected chi connectivity index (χ4v) is 2.74. The van der Waals surface area contributed by atoms with E-state index >= 15 is 0 Å². The largest absolute Gasteiger partial charge is 0.573 e. The summed E-state index contributed by atoms with van der Waals surface area (Å²) < 4.78 is 46.6. The molecule has 138 valence electrons. The van der Waals surface area contributed by atoms with Gasteiger partial charge in [-0.2, -0.15) is 0 Å². The molecule has 26 heavy (non-hydrogen) atoms. The lowest BCUT2D eigenvalue weighted by Gasteiger charge is -2.32. The second-order valence-electron chi connectivity index (χ2n) is 5.75. The van der Waals surface area contributed by atoms with Crippen molar-refractivity contribution in [2.24, 2.45) is 0 Å². The molecule has 1 aliphatic rings.